The SMILES string of the molecule is O=[N+]([O-])c1ccc(CO)cc1OCCCO. The van der Waals surface area contributed by atoms with Crippen molar-refractivity contribution < 1.29 is 19.9 Å². The first-order chi connectivity index (χ1) is 7.69. The lowest BCUT2D eigenvalue weighted by atomic mass is 10.2. The maximum atomic E-state index is 10.7. The molecule has 0 unspecified atom stereocenters. The van der Waals surface area contributed by atoms with E-state index in [0.717, 1.165) is 0 Å². The molecule has 0 heterocycles. The van der Waals surface area contributed by atoms with Gasteiger partial charge in [-0.15, -0.1) is 0 Å². The van der Waals surface area contributed by atoms with E-state index in [-0.39, 0.29) is 31.3 Å². The molecule has 16 heavy (non-hydrogen) atoms. The normalized spacial score (nSPS) is 10.1. The number of nitro groups is 1. The van der Waals surface area contributed by atoms with E-state index in [1.165, 1.54) is 18.2 Å². The highest BCUT2D eigenvalue weighted by molar-refractivity contribution is 5.48. The Morgan fingerprint density at radius 2 is 2.12 bits per heavy atom. The smallest absolute Gasteiger partial charge is 0.310 e. The van der Waals surface area contributed by atoms with Crippen molar-refractivity contribution >= 4 is 5.69 Å². The molecular weight excluding hydrogens is 214 g/mol. The Kier molecular flexibility index (Phi) is 4.68. The molecule has 1 rings (SSSR count). The van der Waals surface area contributed by atoms with Gasteiger partial charge in [0.15, 0.2) is 5.75 Å². The number of nitrogens with zero attached hydrogens (tertiary/aromatic N) is 1. The highest BCUT2D eigenvalue weighted by atomic mass is 16.6. The quantitative estimate of drug-likeness (QED) is 0.427. The van der Waals surface area contributed by atoms with E-state index in [4.69, 9.17) is 14.9 Å². The van der Waals surface area contributed by atoms with Gasteiger partial charge < -0.3 is 14.9 Å². The summed E-state index contributed by atoms with van der Waals surface area (Å²) >= 11 is 0. The lowest BCUT2D eigenvalue weighted by Gasteiger charge is -2.07. The largest absolute Gasteiger partial charge is 0.487 e. The van der Waals surface area contributed by atoms with E-state index >= 15 is 0 Å². The van der Waals surface area contributed by atoms with E-state index in [2.05, 4.69) is 0 Å². The van der Waals surface area contributed by atoms with Crippen molar-refractivity contribution in [3.63, 3.8) is 0 Å². The third-order valence-electron chi connectivity index (χ3n) is 1.96. The van der Waals surface area contributed by atoms with E-state index in [0.29, 0.717) is 12.0 Å². The average Bonchev–Trinajstić information content (AvgIpc) is 2.29. The Balaban J connectivity index is 2.87. The molecule has 0 aliphatic heterocycles. The van der Waals surface area contributed by atoms with Gasteiger partial charge in [0.25, 0.3) is 0 Å². The van der Waals surface area contributed by atoms with Gasteiger partial charge in [-0.2, -0.15) is 0 Å². The van der Waals surface area contributed by atoms with Crippen molar-refractivity contribution in [1.29, 1.82) is 0 Å². The molecule has 0 saturated carbocycles. The first-order valence-corrected chi connectivity index (χ1v) is 4.81. The van der Waals surface area contributed by atoms with Crippen molar-refractivity contribution in [2.45, 2.75) is 13.0 Å². The van der Waals surface area contributed by atoms with Crippen molar-refractivity contribution in [1.82, 2.24) is 0 Å². The summed E-state index contributed by atoms with van der Waals surface area (Å²) in [7, 11) is 0. The number of aliphatic hydroxyl groups is 2. The Bertz CT molecular complexity index is 366. The summed E-state index contributed by atoms with van der Waals surface area (Å²) in [6, 6.07) is 4.19. The summed E-state index contributed by atoms with van der Waals surface area (Å²) in [6.07, 6.45) is 0.403. The van der Waals surface area contributed by atoms with Gasteiger partial charge >= 0.3 is 5.69 Å². The van der Waals surface area contributed by atoms with Gasteiger partial charge in [-0.1, -0.05) is 0 Å². The predicted octanol–water partition coefficient (Wildman–Crippen LogP) is 0.848. The van der Waals surface area contributed by atoms with Gasteiger partial charge in [-0.05, 0) is 17.7 Å². The van der Waals surface area contributed by atoms with Crippen LogP contribution in [0.5, 0.6) is 5.75 Å². The second kappa shape index (κ2) is 6.04. The number of hydrogen-bond acceptors (Lipinski definition) is 5. The second-order valence-corrected chi connectivity index (χ2v) is 3.14. The van der Waals surface area contributed by atoms with Crippen LogP contribution in [0.15, 0.2) is 18.2 Å². The third kappa shape index (κ3) is 3.18. The number of ether oxygens (including phenoxy) is 1. The summed E-state index contributed by atoms with van der Waals surface area (Å²) < 4.78 is 5.17. The van der Waals surface area contributed by atoms with Crippen LogP contribution in [0.4, 0.5) is 5.69 Å². The van der Waals surface area contributed by atoms with Crippen LogP contribution in [-0.4, -0.2) is 28.4 Å². The minimum atomic E-state index is -0.546. The fourth-order valence-corrected chi connectivity index (χ4v) is 1.17. The molecule has 0 radical (unpaired) electrons. The molecule has 6 nitrogen and oxygen atoms in total. The maximum Gasteiger partial charge on any atom is 0.310 e. The van der Waals surface area contributed by atoms with Crippen LogP contribution in [0.3, 0.4) is 0 Å². The molecule has 0 bridgehead atoms. The zero-order valence-electron chi connectivity index (χ0n) is 8.63. The molecule has 6 heteroatoms. The molecule has 0 atom stereocenters. The van der Waals surface area contributed by atoms with Crippen LogP contribution >= 0.6 is 0 Å². The Morgan fingerprint density at radius 3 is 2.69 bits per heavy atom. The van der Waals surface area contributed by atoms with Gasteiger partial charge in [0.05, 0.1) is 18.1 Å². The van der Waals surface area contributed by atoms with E-state index in [1.54, 1.807) is 0 Å². The molecular formula is C10H13NO5. The fraction of sp³-hybridized carbons (Fsp3) is 0.400. The summed E-state index contributed by atoms with van der Waals surface area (Å²) in [5.74, 6) is 0.116. The molecule has 0 spiro atoms. The Morgan fingerprint density at radius 1 is 1.38 bits per heavy atom. The number of hydrogen-bond donors (Lipinski definition) is 2. The number of aliphatic hydroxyl groups excluding tert-OH is 2. The Hall–Kier alpha value is -1.66. The van der Waals surface area contributed by atoms with E-state index in [1.807, 2.05) is 0 Å². The van der Waals surface area contributed by atoms with Gasteiger partial charge in [0.1, 0.15) is 0 Å². The first kappa shape index (κ1) is 12.4. The van der Waals surface area contributed by atoms with Crippen molar-refractivity contribution in [3.8, 4) is 5.75 Å². The summed E-state index contributed by atoms with van der Waals surface area (Å²) in [6.45, 7) is -0.0337. The van der Waals surface area contributed by atoms with E-state index < -0.39 is 4.92 Å². The zero-order chi connectivity index (χ0) is 12.0. The van der Waals surface area contributed by atoms with Crippen molar-refractivity contribution in [3.05, 3.63) is 33.9 Å². The zero-order valence-corrected chi connectivity index (χ0v) is 8.63. The minimum Gasteiger partial charge on any atom is -0.487 e. The van der Waals surface area contributed by atoms with Crippen molar-refractivity contribution in [2.24, 2.45) is 0 Å². The number of nitro benzene ring substituents is 1. The topological polar surface area (TPSA) is 92.8 Å². The van der Waals surface area contributed by atoms with Gasteiger partial charge in [-0.3, -0.25) is 10.1 Å². The fourth-order valence-electron chi connectivity index (χ4n) is 1.17. The maximum absolute atomic E-state index is 10.7. The first-order valence-electron chi connectivity index (χ1n) is 4.81. The molecule has 0 aliphatic rings. The van der Waals surface area contributed by atoms with Crippen LogP contribution in [0.1, 0.15) is 12.0 Å². The highest BCUT2D eigenvalue weighted by Gasteiger charge is 2.15. The number of rotatable bonds is 6. The second-order valence-electron chi connectivity index (χ2n) is 3.14. The average molecular weight is 227 g/mol. The summed E-state index contributed by atoms with van der Waals surface area (Å²) in [4.78, 5) is 10.1. The number of benzene rings is 1. The standard InChI is InChI=1S/C10H13NO5/c12-4-1-5-16-10-6-8(7-13)2-3-9(10)11(14)15/h2-3,6,12-13H,1,4-5,7H2. The highest BCUT2D eigenvalue weighted by Crippen LogP contribution is 2.28. The van der Waals surface area contributed by atoms with Crippen molar-refractivity contribution in [2.75, 3.05) is 13.2 Å². The lowest BCUT2D eigenvalue weighted by molar-refractivity contribution is -0.385. The molecule has 0 saturated heterocycles. The summed E-state index contributed by atoms with van der Waals surface area (Å²) in [5.41, 5.74) is 0.403. The van der Waals surface area contributed by atoms with Gasteiger partial charge in [0.2, 0.25) is 0 Å². The minimum absolute atomic E-state index is 0.0342. The molecule has 0 amide bonds. The lowest BCUT2D eigenvalue weighted by Crippen LogP contribution is -2.03. The molecule has 0 fully saturated rings. The molecule has 88 valence electrons. The molecule has 1 aromatic rings. The molecule has 1 aromatic carbocycles. The summed E-state index contributed by atoms with van der Waals surface area (Å²) in [5, 5.41) is 28.1. The third-order valence-corrected chi connectivity index (χ3v) is 1.96. The molecule has 0 aromatic heterocycles. The van der Waals surface area contributed by atoms with Gasteiger partial charge in [-0.25, -0.2) is 0 Å². The van der Waals surface area contributed by atoms with Crippen LogP contribution in [0.25, 0.3) is 0 Å². The predicted molar refractivity (Wildman–Crippen MR) is 56.2 cm³/mol. The Labute approximate surface area is 92.2 Å². The van der Waals surface area contributed by atoms with Crippen LogP contribution in [-0.2, 0) is 6.61 Å². The van der Waals surface area contributed by atoms with Crippen LogP contribution in [0.2, 0.25) is 0 Å². The molecule has 0 aliphatic carbocycles. The van der Waals surface area contributed by atoms with Crippen LogP contribution in [0, 0.1) is 10.1 Å². The van der Waals surface area contributed by atoms with E-state index in [9.17, 15) is 10.1 Å². The molecule has 2 N–H and O–H groups in total. The van der Waals surface area contributed by atoms with Gasteiger partial charge in [0, 0.05) is 19.1 Å². The monoisotopic (exact) mass is 227 g/mol. The van der Waals surface area contributed by atoms with Crippen LogP contribution < -0.4 is 4.74 Å².